The molecular formula is C17H29IN6O2. The van der Waals surface area contributed by atoms with Gasteiger partial charge in [-0.15, -0.1) is 34.2 Å². The maximum Gasteiger partial charge on any atom is 0.191 e. The Morgan fingerprint density at radius 1 is 1.35 bits per heavy atom. The summed E-state index contributed by atoms with van der Waals surface area (Å²) in [6.45, 7) is 11.7. The molecule has 8 nitrogen and oxygen atoms in total. The van der Waals surface area contributed by atoms with Crippen molar-refractivity contribution in [1.29, 1.82) is 0 Å². The number of aliphatic imine (C=N–C) groups is 1. The van der Waals surface area contributed by atoms with Crippen molar-refractivity contribution < 1.29 is 9.52 Å². The molecule has 2 aromatic heterocycles. The van der Waals surface area contributed by atoms with Crippen LogP contribution in [0.2, 0.25) is 0 Å². The van der Waals surface area contributed by atoms with Crippen LogP contribution in [0.4, 0.5) is 0 Å². The van der Waals surface area contributed by atoms with Gasteiger partial charge in [-0.25, -0.2) is 4.99 Å². The maximum absolute atomic E-state index is 10.8. The first kappa shape index (κ1) is 22.4. The molecule has 9 heteroatoms. The van der Waals surface area contributed by atoms with Crippen LogP contribution >= 0.6 is 24.0 Å². The number of hydrogen-bond donors (Lipinski definition) is 3. The lowest BCUT2D eigenvalue weighted by atomic mass is 9.96. The lowest BCUT2D eigenvalue weighted by Gasteiger charge is -2.24. The molecule has 2 heterocycles. The molecule has 0 aliphatic heterocycles. The van der Waals surface area contributed by atoms with Crippen molar-refractivity contribution in [3.8, 4) is 0 Å². The molecule has 1 unspecified atom stereocenters. The number of furan rings is 1. The van der Waals surface area contributed by atoms with Crippen LogP contribution in [0.5, 0.6) is 0 Å². The minimum absolute atomic E-state index is 0. The van der Waals surface area contributed by atoms with Crippen LogP contribution < -0.4 is 10.6 Å². The number of aliphatic hydroxyl groups is 1. The highest BCUT2D eigenvalue weighted by Gasteiger charge is 2.27. The Bertz CT molecular complexity index is 723. The zero-order valence-electron chi connectivity index (χ0n) is 16.0. The third-order valence-corrected chi connectivity index (χ3v) is 3.98. The number of aryl methyl sites for hydroxylation is 3. The molecule has 0 spiro atoms. The Balaban J connectivity index is 0.00000338. The van der Waals surface area contributed by atoms with E-state index < -0.39 is 5.60 Å². The van der Waals surface area contributed by atoms with Crippen LogP contribution in [0.1, 0.15) is 43.7 Å². The molecule has 3 N–H and O–H groups in total. The van der Waals surface area contributed by atoms with Crippen molar-refractivity contribution in [3.05, 3.63) is 35.3 Å². The fraction of sp³-hybridized carbons (Fsp3) is 0.588. The van der Waals surface area contributed by atoms with Gasteiger partial charge in [-0.2, -0.15) is 0 Å². The summed E-state index contributed by atoms with van der Waals surface area (Å²) in [6.07, 6.45) is 1.69. The quantitative estimate of drug-likeness (QED) is 0.322. The molecule has 26 heavy (non-hydrogen) atoms. The van der Waals surface area contributed by atoms with E-state index in [9.17, 15) is 5.11 Å². The van der Waals surface area contributed by atoms with E-state index in [4.69, 9.17) is 4.42 Å². The molecule has 0 aliphatic rings. The summed E-state index contributed by atoms with van der Waals surface area (Å²) in [4.78, 5) is 4.53. The smallest absolute Gasteiger partial charge is 0.191 e. The monoisotopic (exact) mass is 476 g/mol. The third kappa shape index (κ3) is 5.70. The van der Waals surface area contributed by atoms with E-state index in [1.807, 2.05) is 38.3 Å². The molecule has 146 valence electrons. The predicted molar refractivity (Wildman–Crippen MR) is 112 cm³/mol. The van der Waals surface area contributed by atoms with Crippen LogP contribution in [0, 0.1) is 13.8 Å². The SMILES string of the molecule is CCNC(=NCc1nncn1CC)NCC(C)(O)c1cc(C)oc1C.I. The Labute approximate surface area is 171 Å². The second-order valence-corrected chi connectivity index (χ2v) is 6.18. The van der Waals surface area contributed by atoms with E-state index in [1.54, 1.807) is 13.3 Å². The zero-order chi connectivity index (χ0) is 18.4. The zero-order valence-corrected chi connectivity index (χ0v) is 18.4. The molecule has 0 aromatic carbocycles. The summed E-state index contributed by atoms with van der Waals surface area (Å²) in [7, 11) is 0. The molecule has 0 bridgehead atoms. The second kappa shape index (κ2) is 9.91. The fourth-order valence-corrected chi connectivity index (χ4v) is 2.67. The van der Waals surface area contributed by atoms with Gasteiger partial charge >= 0.3 is 0 Å². The van der Waals surface area contributed by atoms with Crippen LogP contribution in [0.15, 0.2) is 21.8 Å². The Hall–Kier alpha value is -1.62. The van der Waals surface area contributed by atoms with Crippen LogP contribution in [0.25, 0.3) is 0 Å². The summed E-state index contributed by atoms with van der Waals surface area (Å²) < 4.78 is 7.47. The fourth-order valence-electron chi connectivity index (χ4n) is 2.67. The second-order valence-electron chi connectivity index (χ2n) is 6.18. The Morgan fingerprint density at radius 3 is 2.65 bits per heavy atom. The highest BCUT2D eigenvalue weighted by molar-refractivity contribution is 14.0. The van der Waals surface area contributed by atoms with Gasteiger partial charge in [0, 0.05) is 18.7 Å². The number of halogens is 1. The van der Waals surface area contributed by atoms with E-state index in [2.05, 4.69) is 25.8 Å². The van der Waals surface area contributed by atoms with E-state index in [-0.39, 0.29) is 24.0 Å². The highest BCUT2D eigenvalue weighted by Crippen LogP contribution is 2.26. The van der Waals surface area contributed by atoms with Crippen LogP contribution in [-0.2, 0) is 18.7 Å². The van der Waals surface area contributed by atoms with E-state index in [0.29, 0.717) is 19.0 Å². The molecule has 0 saturated carbocycles. The van der Waals surface area contributed by atoms with Gasteiger partial charge in [0.05, 0.1) is 6.54 Å². The van der Waals surface area contributed by atoms with Gasteiger partial charge in [-0.05, 0) is 40.7 Å². The molecule has 0 fully saturated rings. The summed E-state index contributed by atoms with van der Waals surface area (Å²) in [5, 5.41) is 25.1. The molecule has 0 amide bonds. The third-order valence-electron chi connectivity index (χ3n) is 3.98. The molecular weight excluding hydrogens is 447 g/mol. The topological polar surface area (TPSA) is 100 Å². The number of aromatic nitrogens is 3. The first-order valence-electron chi connectivity index (χ1n) is 8.56. The number of guanidine groups is 1. The van der Waals surface area contributed by atoms with Gasteiger partial charge in [-0.3, -0.25) is 0 Å². The minimum atomic E-state index is -1.07. The van der Waals surface area contributed by atoms with Gasteiger partial charge in [-0.1, -0.05) is 0 Å². The average molecular weight is 476 g/mol. The van der Waals surface area contributed by atoms with Crippen molar-refractivity contribution >= 4 is 29.9 Å². The van der Waals surface area contributed by atoms with Gasteiger partial charge in [0.1, 0.15) is 30.0 Å². The average Bonchev–Trinajstić information content (AvgIpc) is 3.15. The van der Waals surface area contributed by atoms with Crippen molar-refractivity contribution in [3.63, 3.8) is 0 Å². The lowest BCUT2D eigenvalue weighted by molar-refractivity contribution is 0.0601. The number of nitrogens with zero attached hydrogens (tertiary/aromatic N) is 4. The molecule has 2 rings (SSSR count). The first-order valence-corrected chi connectivity index (χ1v) is 8.56. The molecule has 1 atom stereocenters. The van der Waals surface area contributed by atoms with E-state index in [0.717, 1.165) is 36.0 Å². The Kier molecular flexibility index (Phi) is 8.54. The maximum atomic E-state index is 10.8. The Morgan fingerprint density at radius 2 is 2.08 bits per heavy atom. The van der Waals surface area contributed by atoms with E-state index in [1.165, 1.54) is 0 Å². The normalized spacial score (nSPS) is 13.8. The predicted octanol–water partition coefficient (Wildman–Crippen LogP) is 2.09. The van der Waals surface area contributed by atoms with Gasteiger partial charge in [0.15, 0.2) is 11.8 Å². The van der Waals surface area contributed by atoms with Gasteiger partial charge < -0.3 is 24.7 Å². The van der Waals surface area contributed by atoms with Crippen LogP contribution in [0.3, 0.4) is 0 Å². The van der Waals surface area contributed by atoms with E-state index >= 15 is 0 Å². The molecule has 0 radical (unpaired) electrons. The summed E-state index contributed by atoms with van der Waals surface area (Å²) in [6, 6.07) is 1.87. The van der Waals surface area contributed by atoms with Crippen molar-refractivity contribution in [2.45, 2.75) is 53.3 Å². The molecule has 2 aromatic rings. The van der Waals surface area contributed by atoms with Crippen molar-refractivity contribution in [2.24, 2.45) is 4.99 Å². The molecule has 0 saturated heterocycles. The van der Waals surface area contributed by atoms with Gasteiger partial charge in [0.2, 0.25) is 0 Å². The number of rotatable bonds is 7. The van der Waals surface area contributed by atoms with Crippen LogP contribution in [-0.4, -0.2) is 38.9 Å². The first-order chi connectivity index (χ1) is 11.9. The minimum Gasteiger partial charge on any atom is -0.466 e. The highest BCUT2D eigenvalue weighted by atomic mass is 127. The largest absolute Gasteiger partial charge is 0.466 e. The standard InChI is InChI=1S/C17H28N6O2.HI/c1-6-18-16(19-9-15-22-21-11-23(15)7-2)20-10-17(5,24)14-8-12(3)25-13(14)4;/h8,11,24H,6-7,9-10H2,1-5H3,(H2,18,19,20);1H. The lowest BCUT2D eigenvalue weighted by Crippen LogP contribution is -2.44. The van der Waals surface area contributed by atoms with Crippen molar-refractivity contribution in [2.75, 3.05) is 13.1 Å². The number of nitrogens with one attached hydrogen (secondary N) is 2. The summed E-state index contributed by atoms with van der Waals surface area (Å²) >= 11 is 0. The molecule has 0 aliphatic carbocycles. The van der Waals surface area contributed by atoms with Crippen molar-refractivity contribution in [1.82, 2.24) is 25.4 Å². The summed E-state index contributed by atoms with van der Waals surface area (Å²) in [5.41, 5.74) is -0.291. The number of hydrogen-bond acceptors (Lipinski definition) is 5. The summed E-state index contributed by atoms with van der Waals surface area (Å²) in [5.74, 6) is 2.92. The van der Waals surface area contributed by atoms with Gasteiger partial charge in [0.25, 0.3) is 0 Å².